The highest BCUT2D eigenvalue weighted by molar-refractivity contribution is 5.84. The molecule has 0 aromatic heterocycles. The fourth-order valence-corrected chi connectivity index (χ4v) is 10.1. The monoisotopic (exact) mass is 1040 g/mol. The van der Waals surface area contributed by atoms with Crippen molar-refractivity contribution in [3.63, 3.8) is 0 Å². The van der Waals surface area contributed by atoms with Crippen molar-refractivity contribution in [1.29, 1.82) is 0 Å². The number of carbonyl (C=O) groups is 2. The molecule has 0 saturated carbocycles. The quantitative estimate of drug-likeness (QED) is 0.0608. The van der Waals surface area contributed by atoms with Crippen molar-refractivity contribution < 1.29 is 104 Å². The van der Waals surface area contributed by atoms with Crippen molar-refractivity contribution in [2.75, 3.05) is 117 Å². The topological polar surface area (TPSA) is 136 Å². The Bertz CT molecular complexity index is 2440. The van der Waals surface area contributed by atoms with Crippen molar-refractivity contribution in [2.45, 2.75) is 56.5 Å². The summed E-state index contributed by atoms with van der Waals surface area (Å²) in [6.45, 7) is 2.06. The van der Waals surface area contributed by atoms with Gasteiger partial charge in [0, 0.05) is 48.8 Å². The van der Waals surface area contributed by atoms with Crippen LogP contribution in [0.4, 0.5) is 8.78 Å². The number of halogens is 4. The second-order valence-corrected chi connectivity index (χ2v) is 17.9. The Morgan fingerprint density at radius 2 is 1.03 bits per heavy atom. The standard InChI is InChI=1S/C52H68F2N2O13.2ClH/c1-55(20-16-34-27-42(61-5)44(63-7)30-37(34)39(55)24-33-25-46(65-9)50(67-11)47(26-33)66-10)18-12-23-69-51(58)52(53,54)32-48(57)68-22-13-19-56(2)21-17-35-28-43(62-6)45(64-8)31-38(35)49(56)36-14-15-40(59-3)41(29-36)60-4;;/h14-15,25-31,39,49H,12-13,16-24,32H2,1-11H3;2*1H/q+2;;/p-2/t39-,49-,55-,56-;;/m1../s1. The van der Waals surface area contributed by atoms with Crippen LogP contribution >= 0.6 is 0 Å². The maximum atomic E-state index is 15.3. The van der Waals surface area contributed by atoms with E-state index in [-0.39, 0.29) is 56.5 Å². The molecular weight excluding hydrogens is 969 g/mol. The molecule has 2 aliphatic rings. The summed E-state index contributed by atoms with van der Waals surface area (Å²) >= 11 is 0. The van der Waals surface area contributed by atoms with Gasteiger partial charge in [-0.3, -0.25) is 4.79 Å². The Morgan fingerprint density at radius 3 is 1.56 bits per heavy atom. The molecule has 0 unspecified atom stereocenters. The van der Waals surface area contributed by atoms with E-state index in [1.54, 1.807) is 64.0 Å². The summed E-state index contributed by atoms with van der Waals surface area (Å²) in [5.41, 5.74) is 6.19. The van der Waals surface area contributed by atoms with E-state index in [9.17, 15) is 9.59 Å². The highest BCUT2D eigenvalue weighted by Gasteiger charge is 2.45. The van der Waals surface area contributed by atoms with Gasteiger partial charge >= 0.3 is 17.9 Å². The highest BCUT2D eigenvalue weighted by Crippen LogP contribution is 2.47. The number of quaternary nitrogens is 2. The van der Waals surface area contributed by atoms with Gasteiger partial charge in [-0.1, -0.05) is 0 Å². The zero-order valence-electron chi connectivity index (χ0n) is 42.5. The Kier molecular flexibility index (Phi) is 20.5. The number of methoxy groups -OCH3 is 9. The van der Waals surface area contributed by atoms with Gasteiger partial charge in [-0.05, 0) is 71.3 Å². The number of rotatable bonds is 23. The van der Waals surface area contributed by atoms with Gasteiger partial charge in [0.15, 0.2) is 46.0 Å². The molecule has 0 aliphatic carbocycles. The lowest BCUT2D eigenvalue weighted by Crippen LogP contribution is -3.00. The van der Waals surface area contributed by atoms with Crippen LogP contribution < -0.4 is 67.4 Å². The van der Waals surface area contributed by atoms with Crippen LogP contribution in [0.2, 0.25) is 0 Å². The lowest BCUT2D eigenvalue weighted by molar-refractivity contribution is -0.941. The molecule has 0 N–H and O–H groups in total. The number of carbonyl (C=O) groups excluding carboxylic acids is 2. The summed E-state index contributed by atoms with van der Waals surface area (Å²) in [5.74, 6) is -1.94. The van der Waals surface area contributed by atoms with E-state index in [2.05, 4.69) is 14.1 Å². The first-order valence-corrected chi connectivity index (χ1v) is 23.0. The van der Waals surface area contributed by atoms with Crippen molar-refractivity contribution in [2.24, 2.45) is 0 Å². The SMILES string of the molecule is COc1ccc([C@@H]2c3cc(OC)c(OC)cc3CC[N@@+]2(C)CCCOC(=O)CC(F)(F)C(=O)OCCC[N@+]2(C)CCc3cc(OC)c(OC)cc3[C@H]2Cc2cc(OC)c(OC)c(OC)c2)cc1OC.[Cl-].[Cl-]. The summed E-state index contributed by atoms with van der Waals surface area (Å²) in [7, 11) is 18.4. The molecule has 0 bridgehead atoms. The second kappa shape index (κ2) is 25.2. The molecule has 2 aliphatic heterocycles. The van der Waals surface area contributed by atoms with Crippen molar-refractivity contribution in [1.82, 2.24) is 0 Å². The summed E-state index contributed by atoms with van der Waals surface area (Å²) in [6.07, 6.45) is 1.21. The minimum absolute atomic E-state index is 0. The number of ether oxygens (including phenoxy) is 11. The first-order chi connectivity index (χ1) is 33.0. The van der Waals surface area contributed by atoms with Crippen LogP contribution in [0.15, 0.2) is 54.6 Å². The van der Waals surface area contributed by atoms with Gasteiger partial charge in [-0.25, -0.2) is 4.79 Å². The van der Waals surface area contributed by atoms with Gasteiger partial charge in [0.05, 0.1) is 117 Å². The first kappa shape index (κ1) is 58.0. The average molecular weight is 1040 g/mol. The molecule has 4 aromatic rings. The molecule has 0 radical (unpaired) electrons. The number of likely N-dealkylation sites (N-methyl/N-ethyl adjacent to an activating group) is 2. The number of nitrogens with zero attached hydrogens (tertiary/aromatic N) is 2. The molecule has 6 rings (SSSR count). The van der Waals surface area contributed by atoms with E-state index in [0.29, 0.717) is 99.6 Å². The van der Waals surface area contributed by atoms with E-state index >= 15 is 8.78 Å². The van der Waals surface area contributed by atoms with E-state index in [1.807, 2.05) is 54.6 Å². The normalized spacial score (nSPS) is 19.0. The number of hydrogen-bond acceptors (Lipinski definition) is 13. The van der Waals surface area contributed by atoms with Crippen molar-refractivity contribution in [3.8, 4) is 51.7 Å². The van der Waals surface area contributed by atoms with Crippen LogP contribution in [0.1, 0.15) is 64.7 Å². The number of esters is 2. The summed E-state index contributed by atoms with van der Waals surface area (Å²) in [4.78, 5) is 25.7. The van der Waals surface area contributed by atoms with E-state index in [0.717, 1.165) is 46.3 Å². The predicted molar refractivity (Wildman–Crippen MR) is 253 cm³/mol. The second-order valence-electron chi connectivity index (χ2n) is 17.9. The van der Waals surface area contributed by atoms with Crippen LogP contribution in [0, 0.1) is 0 Å². The summed E-state index contributed by atoms with van der Waals surface area (Å²) in [6, 6.07) is 17.3. The fraction of sp³-hybridized carbons (Fsp3) is 0.500. The maximum Gasteiger partial charge on any atom is 0.377 e. The Hall–Kier alpha value is -5.62. The molecule has 71 heavy (non-hydrogen) atoms. The highest BCUT2D eigenvalue weighted by atomic mass is 35.5. The third-order valence-corrected chi connectivity index (χ3v) is 13.8. The molecular formula is C52H68Cl2F2N2O13. The van der Waals surface area contributed by atoms with Gasteiger partial charge < -0.3 is 85.9 Å². The third kappa shape index (κ3) is 12.7. The van der Waals surface area contributed by atoms with Crippen LogP contribution in [0.25, 0.3) is 0 Å². The predicted octanol–water partition coefficient (Wildman–Crippen LogP) is 1.74. The lowest BCUT2D eigenvalue weighted by Gasteiger charge is -2.46. The third-order valence-electron chi connectivity index (χ3n) is 13.8. The maximum absolute atomic E-state index is 15.3. The van der Waals surface area contributed by atoms with Crippen LogP contribution in [-0.2, 0) is 38.3 Å². The Labute approximate surface area is 428 Å². The fourth-order valence-electron chi connectivity index (χ4n) is 10.1. The molecule has 0 saturated heterocycles. The average Bonchev–Trinajstić information content (AvgIpc) is 3.35. The molecule has 0 spiro atoms. The van der Waals surface area contributed by atoms with Gasteiger partial charge in [0.2, 0.25) is 5.75 Å². The molecule has 19 heteroatoms. The van der Waals surface area contributed by atoms with E-state index < -0.39 is 24.3 Å². The van der Waals surface area contributed by atoms with Crippen LogP contribution in [0.5, 0.6) is 51.7 Å². The minimum atomic E-state index is -4.09. The van der Waals surface area contributed by atoms with Crippen LogP contribution in [-0.4, -0.2) is 144 Å². The molecule has 4 aromatic carbocycles. The zero-order chi connectivity index (χ0) is 50.1. The zero-order valence-corrected chi connectivity index (χ0v) is 44.1. The van der Waals surface area contributed by atoms with Gasteiger partial charge in [0.1, 0.15) is 18.5 Å². The Morgan fingerprint density at radius 1 is 0.563 bits per heavy atom. The first-order valence-electron chi connectivity index (χ1n) is 23.0. The van der Waals surface area contributed by atoms with Crippen molar-refractivity contribution in [3.05, 3.63) is 88.0 Å². The number of benzene rings is 4. The molecule has 0 fully saturated rings. The van der Waals surface area contributed by atoms with E-state index in [1.165, 1.54) is 0 Å². The number of hydrogen-bond donors (Lipinski definition) is 0. The Balaban J connectivity index is 0.00000548. The van der Waals surface area contributed by atoms with Crippen molar-refractivity contribution >= 4 is 11.9 Å². The molecule has 4 atom stereocenters. The number of alkyl halides is 2. The largest absolute Gasteiger partial charge is 1.00 e. The summed E-state index contributed by atoms with van der Waals surface area (Å²) < 4.78 is 92.8. The van der Waals surface area contributed by atoms with Gasteiger partial charge in [-0.15, -0.1) is 0 Å². The molecule has 392 valence electrons. The molecule has 0 amide bonds. The lowest BCUT2D eigenvalue weighted by atomic mass is 9.85. The van der Waals surface area contributed by atoms with E-state index in [4.69, 9.17) is 52.1 Å². The smallest absolute Gasteiger partial charge is 0.377 e. The van der Waals surface area contributed by atoms with Gasteiger partial charge in [-0.2, -0.15) is 8.78 Å². The number of fused-ring (bicyclic) bond motifs is 2. The van der Waals surface area contributed by atoms with Crippen LogP contribution in [0.3, 0.4) is 0 Å². The minimum Gasteiger partial charge on any atom is -1.00 e. The van der Waals surface area contributed by atoms with Gasteiger partial charge in [0.25, 0.3) is 0 Å². The molecule has 2 heterocycles. The summed E-state index contributed by atoms with van der Waals surface area (Å²) in [5, 5.41) is 0. The molecule has 15 nitrogen and oxygen atoms in total.